The number of benzene rings is 1. The van der Waals surface area contributed by atoms with Crippen LogP contribution < -0.4 is 0 Å². The van der Waals surface area contributed by atoms with Crippen LogP contribution in [0.1, 0.15) is 13.8 Å². The van der Waals surface area contributed by atoms with E-state index in [9.17, 15) is 0 Å². The Morgan fingerprint density at radius 2 is 2.06 bits per heavy atom. The molecule has 0 aliphatic carbocycles. The van der Waals surface area contributed by atoms with Crippen LogP contribution >= 0.6 is 15.9 Å². The molecule has 0 saturated heterocycles. The van der Waals surface area contributed by atoms with Crippen LogP contribution in [0.2, 0.25) is 0 Å². The van der Waals surface area contributed by atoms with Crippen molar-refractivity contribution in [2.75, 3.05) is 0 Å². The first-order valence-electron chi connectivity index (χ1n) is 5.31. The van der Waals surface area contributed by atoms with E-state index in [2.05, 4.69) is 44.5 Å². The summed E-state index contributed by atoms with van der Waals surface area (Å²) in [5.74, 6) is 1.50. The highest BCUT2D eigenvalue weighted by Crippen LogP contribution is 2.26. The average Bonchev–Trinajstić information content (AvgIpc) is 2.66. The third-order valence-electron chi connectivity index (χ3n) is 2.29. The molecule has 2 rings (SSSR count). The number of rotatable bonds is 3. The van der Waals surface area contributed by atoms with E-state index in [-0.39, 0.29) is 0 Å². The molecular weight excluding hydrogens is 266 g/mol. The van der Waals surface area contributed by atoms with Crippen LogP contribution in [0.3, 0.4) is 0 Å². The third kappa shape index (κ3) is 2.32. The van der Waals surface area contributed by atoms with Crippen LogP contribution in [0.15, 0.2) is 35.1 Å². The second-order valence-corrected chi connectivity index (χ2v) is 5.03. The van der Waals surface area contributed by atoms with E-state index < -0.39 is 0 Å². The molecule has 0 fully saturated rings. The van der Waals surface area contributed by atoms with Crippen molar-refractivity contribution in [3.8, 4) is 11.4 Å². The second kappa shape index (κ2) is 4.78. The summed E-state index contributed by atoms with van der Waals surface area (Å²) in [6.07, 6.45) is 1.79. The molecule has 4 heteroatoms. The molecule has 0 N–H and O–H groups in total. The summed E-state index contributed by atoms with van der Waals surface area (Å²) >= 11 is 3.54. The van der Waals surface area contributed by atoms with Gasteiger partial charge in [0, 0.05) is 16.6 Å². The van der Waals surface area contributed by atoms with E-state index in [0.29, 0.717) is 5.92 Å². The van der Waals surface area contributed by atoms with Crippen LogP contribution in [-0.2, 0) is 6.54 Å². The highest BCUT2D eigenvalue weighted by atomic mass is 79.9. The van der Waals surface area contributed by atoms with Crippen molar-refractivity contribution >= 4 is 15.9 Å². The SMILES string of the molecule is CC(C)Cn1cnnc1-c1ccccc1Br. The second-order valence-electron chi connectivity index (χ2n) is 4.18. The Bertz CT molecular complexity index is 477. The molecular formula is C12H14BrN3. The largest absolute Gasteiger partial charge is 0.313 e. The topological polar surface area (TPSA) is 30.7 Å². The predicted molar refractivity (Wildman–Crippen MR) is 68.0 cm³/mol. The molecule has 0 spiro atoms. The van der Waals surface area contributed by atoms with Gasteiger partial charge in [0.1, 0.15) is 6.33 Å². The normalized spacial score (nSPS) is 11.0. The highest BCUT2D eigenvalue weighted by molar-refractivity contribution is 9.10. The Morgan fingerprint density at radius 1 is 1.31 bits per heavy atom. The maximum Gasteiger partial charge on any atom is 0.164 e. The standard InChI is InChI=1S/C12H14BrN3/c1-9(2)7-16-8-14-15-12(16)10-5-3-4-6-11(10)13/h3-6,8-9H,7H2,1-2H3. The van der Waals surface area contributed by atoms with Gasteiger partial charge in [-0.05, 0) is 12.0 Å². The zero-order chi connectivity index (χ0) is 11.5. The van der Waals surface area contributed by atoms with Gasteiger partial charge in [-0.25, -0.2) is 0 Å². The fourth-order valence-electron chi connectivity index (χ4n) is 1.63. The maximum atomic E-state index is 4.18. The molecule has 0 aliphatic heterocycles. The summed E-state index contributed by atoms with van der Waals surface area (Å²) in [7, 11) is 0. The Kier molecular flexibility index (Phi) is 3.39. The van der Waals surface area contributed by atoms with Gasteiger partial charge in [0.25, 0.3) is 0 Å². The van der Waals surface area contributed by atoms with Gasteiger partial charge in [-0.15, -0.1) is 10.2 Å². The third-order valence-corrected chi connectivity index (χ3v) is 2.98. The van der Waals surface area contributed by atoms with Crippen molar-refractivity contribution in [3.63, 3.8) is 0 Å². The molecule has 1 heterocycles. The fraction of sp³-hybridized carbons (Fsp3) is 0.333. The first-order valence-corrected chi connectivity index (χ1v) is 6.10. The lowest BCUT2D eigenvalue weighted by atomic mass is 10.2. The molecule has 16 heavy (non-hydrogen) atoms. The monoisotopic (exact) mass is 279 g/mol. The van der Waals surface area contributed by atoms with E-state index in [1.807, 2.05) is 24.3 Å². The zero-order valence-electron chi connectivity index (χ0n) is 9.39. The molecule has 1 aromatic carbocycles. The van der Waals surface area contributed by atoms with Crippen molar-refractivity contribution in [2.45, 2.75) is 20.4 Å². The van der Waals surface area contributed by atoms with E-state index in [4.69, 9.17) is 0 Å². The zero-order valence-corrected chi connectivity index (χ0v) is 11.0. The van der Waals surface area contributed by atoms with Crippen LogP contribution in [0.4, 0.5) is 0 Å². The minimum absolute atomic E-state index is 0.581. The first kappa shape index (κ1) is 11.3. The first-order chi connectivity index (χ1) is 7.68. The molecule has 0 radical (unpaired) electrons. The minimum Gasteiger partial charge on any atom is -0.313 e. The summed E-state index contributed by atoms with van der Waals surface area (Å²) < 4.78 is 3.14. The summed E-state index contributed by atoms with van der Waals surface area (Å²) in [5.41, 5.74) is 1.08. The van der Waals surface area contributed by atoms with E-state index in [0.717, 1.165) is 22.4 Å². The quantitative estimate of drug-likeness (QED) is 0.863. The van der Waals surface area contributed by atoms with Crippen molar-refractivity contribution < 1.29 is 0 Å². The lowest BCUT2D eigenvalue weighted by Crippen LogP contribution is -2.05. The molecule has 0 saturated carbocycles. The molecule has 3 nitrogen and oxygen atoms in total. The maximum absolute atomic E-state index is 4.18. The summed E-state index contributed by atoms with van der Waals surface area (Å²) in [4.78, 5) is 0. The lowest BCUT2D eigenvalue weighted by Gasteiger charge is -2.09. The lowest BCUT2D eigenvalue weighted by molar-refractivity contribution is 0.525. The van der Waals surface area contributed by atoms with Gasteiger partial charge in [-0.1, -0.05) is 48.0 Å². The summed E-state index contributed by atoms with van der Waals surface area (Å²) in [6.45, 7) is 5.30. The Labute approximate surface area is 104 Å². The minimum atomic E-state index is 0.581. The van der Waals surface area contributed by atoms with Crippen molar-refractivity contribution in [1.82, 2.24) is 14.8 Å². The van der Waals surface area contributed by atoms with Gasteiger partial charge in [-0.3, -0.25) is 0 Å². The van der Waals surface area contributed by atoms with Gasteiger partial charge in [0.15, 0.2) is 5.82 Å². The molecule has 2 aromatic rings. The van der Waals surface area contributed by atoms with Crippen LogP contribution in [0, 0.1) is 5.92 Å². The van der Waals surface area contributed by atoms with Gasteiger partial charge in [-0.2, -0.15) is 0 Å². The predicted octanol–water partition coefficient (Wildman–Crippen LogP) is 3.36. The number of hydrogen-bond acceptors (Lipinski definition) is 2. The Hall–Kier alpha value is -1.16. The van der Waals surface area contributed by atoms with Crippen molar-refractivity contribution in [3.05, 3.63) is 35.1 Å². The van der Waals surface area contributed by atoms with Crippen LogP contribution in [0.5, 0.6) is 0 Å². The van der Waals surface area contributed by atoms with Gasteiger partial charge < -0.3 is 4.57 Å². The number of halogens is 1. The van der Waals surface area contributed by atoms with Crippen molar-refractivity contribution in [1.29, 1.82) is 0 Å². The molecule has 0 bridgehead atoms. The average molecular weight is 280 g/mol. The molecule has 0 aliphatic rings. The van der Waals surface area contributed by atoms with E-state index in [1.165, 1.54) is 0 Å². The van der Waals surface area contributed by atoms with E-state index in [1.54, 1.807) is 6.33 Å². The van der Waals surface area contributed by atoms with Gasteiger partial charge >= 0.3 is 0 Å². The number of nitrogens with zero attached hydrogens (tertiary/aromatic N) is 3. The molecule has 0 unspecified atom stereocenters. The molecule has 0 atom stereocenters. The van der Waals surface area contributed by atoms with E-state index >= 15 is 0 Å². The number of hydrogen-bond donors (Lipinski definition) is 0. The summed E-state index contributed by atoms with van der Waals surface area (Å²) in [6, 6.07) is 8.07. The van der Waals surface area contributed by atoms with Crippen LogP contribution in [0.25, 0.3) is 11.4 Å². The highest BCUT2D eigenvalue weighted by Gasteiger charge is 2.10. The molecule has 1 aromatic heterocycles. The summed E-state index contributed by atoms with van der Waals surface area (Å²) in [5, 5.41) is 8.17. The molecule has 84 valence electrons. The van der Waals surface area contributed by atoms with Crippen LogP contribution in [-0.4, -0.2) is 14.8 Å². The van der Waals surface area contributed by atoms with Gasteiger partial charge in [0.2, 0.25) is 0 Å². The number of aromatic nitrogens is 3. The smallest absolute Gasteiger partial charge is 0.164 e. The van der Waals surface area contributed by atoms with Gasteiger partial charge in [0.05, 0.1) is 0 Å². The fourth-order valence-corrected chi connectivity index (χ4v) is 2.10. The molecule has 0 amide bonds. The Balaban J connectivity index is 2.41. The Morgan fingerprint density at radius 3 is 2.75 bits per heavy atom. The van der Waals surface area contributed by atoms with Crippen molar-refractivity contribution in [2.24, 2.45) is 5.92 Å².